The number of amides is 1. The molecule has 1 amide bonds. The second-order valence-corrected chi connectivity index (χ2v) is 8.94. The van der Waals surface area contributed by atoms with Gasteiger partial charge in [-0.2, -0.15) is 0 Å². The number of rotatable bonds is 6. The number of alkyl carbamates (subject to hydrolysis) is 1. The number of hydrogen-bond acceptors (Lipinski definition) is 4. The quantitative estimate of drug-likeness (QED) is 0.812. The van der Waals surface area contributed by atoms with Crippen molar-refractivity contribution in [1.29, 1.82) is 0 Å². The Bertz CT molecular complexity index is 424. The summed E-state index contributed by atoms with van der Waals surface area (Å²) in [5, 5.41) is 2.71. The van der Waals surface area contributed by atoms with Crippen LogP contribution in [0, 0.1) is 5.41 Å². The molecule has 1 N–H and O–H groups in total. The zero-order valence-electron chi connectivity index (χ0n) is 13.6. The van der Waals surface area contributed by atoms with Crippen LogP contribution in [-0.2, 0) is 14.8 Å². The Labute approximate surface area is 122 Å². The SMILES string of the molecule is CN(CCC(C)(C)CNC(=O)OC(C)(C)C)S(C)(=O)=O. The molecule has 0 aromatic rings. The highest BCUT2D eigenvalue weighted by Crippen LogP contribution is 2.20. The smallest absolute Gasteiger partial charge is 0.407 e. The molecule has 0 radical (unpaired) electrons. The minimum Gasteiger partial charge on any atom is -0.444 e. The molecule has 0 atom stereocenters. The lowest BCUT2D eigenvalue weighted by atomic mass is 9.89. The minimum atomic E-state index is -3.16. The minimum absolute atomic E-state index is 0.212. The molecule has 7 heteroatoms. The van der Waals surface area contributed by atoms with Crippen LogP contribution in [0.25, 0.3) is 0 Å². The van der Waals surface area contributed by atoms with Crippen LogP contribution in [-0.4, -0.2) is 50.8 Å². The maximum absolute atomic E-state index is 11.6. The van der Waals surface area contributed by atoms with Crippen LogP contribution in [0.15, 0.2) is 0 Å². The maximum Gasteiger partial charge on any atom is 0.407 e. The summed E-state index contributed by atoms with van der Waals surface area (Å²) in [6.45, 7) is 10.2. The van der Waals surface area contributed by atoms with Crippen molar-refractivity contribution < 1.29 is 17.9 Å². The van der Waals surface area contributed by atoms with Crippen molar-refractivity contribution in [1.82, 2.24) is 9.62 Å². The normalized spacial score (nSPS) is 13.4. The Morgan fingerprint density at radius 3 is 2.10 bits per heavy atom. The average Bonchev–Trinajstić information content (AvgIpc) is 2.19. The molecule has 0 aliphatic carbocycles. The van der Waals surface area contributed by atoms with Crippen LogP contribution in [0.2, 0.25) is 0 Å². The first-order chi connectivity index (χ1) is 8.73. The third-order valence-electron chi connectivity index (χ3n) is 2.78. The summed E-state index contributed by atoms with van der Waals surface area (Å²) < 4.78 is 29.1. The Morgan fingerprint density at radius 1 is 1.20 bits per heavy atom. The van der Waals surface area contributed by atoms with Gasteiger partial charge in [0, 0.05) is 20.1 Å². The summed E-state index contributed by atoms with van der Waals surface area (Å²) in [4.78, 5) is 11.6. The second kappa shape index (κ2) is 6.76. The van der Waals surface area contributed by atoms with Gasteiger partial charge in [-0.05, 0) is 32.6 Å². The lowest BCUT2D eigenvalue weighted by Crippen LogP contribution is -2.39. The first-order valence-corrected chi connectivity index (χ1v) is 8.46. The van der Waals surface area contributed by atoms with Gasteiger partial charge in [0.2, 0.25) is 10.0 Å². The van der Waals surface area contributed by atoms with E-state index in [0.717, 1.165) is 0 Å². The maximum atomic E-state index is 11.6. The summed E-state index contributed by atoms with van der Waals surface area (Å²) in [6, 6.07) is 0. The highest BCUT2D eigenvalue weighted by Gasteiger charge is 2.23. The molecular formula is C13H28N2O4S. The Balaban J connectivity index is 4.24. The summed E-state index contributed by atoms with van der Waals surface area (Å²) in [6.07, 6.45) is 1.37. The molecule has 0 aliphatic rings. The van der Waals surface area contributed by atoms with E-state index >= 15 is 0 Å². The molecular weight excluding hydrogens is 280 g/mol. The van der Waals surface area contributed by atoms with Gasteiger partial charge in [0.05, 0.1) is 6.26 Å². The lowest BCUT2D eigenvalue weighted by molar-refractivity contribution is 0.0503. The van der Waals surface area contributed by atoms with E-state index in [2.05, 4.69) is 5.32 Å². The average molecular weight is 308 g/mol. The molecule has 20 heavy (non-hydrogen) atoms. The summed E-state index contributed by atoms with van der Waals surface area (Å²) in [5.41, 5.74) is -0.736. The van der Waals surface area contributed by atoms with Crippen molar-refractivity contribution in [3.8, 4) is 0 Å². The van der Waals surface area contributed by atoms with E-state index in [1.54, 1.807) is 27.8 Å². The predicted molar refractivity (Wildman–Crippen MR) is 80.1 cm³/mol. The van der Waals surface area contributed by atoms with E-state index in [-0.39, 0.29) is 5.41 Å². The van der Waals surface area contributed by atoms with Gasteiger partial charge in [-0.25, -0.2) is 17.5 Å². The van der Waals surface area contributed by atoms with E-state index in [1.165, 1.54) is 10.6 Å². The molecule has 0 saturated carbocycles. The van der Waals surface area contributed by atoms with E-state index in [4.69, 9.17) is 4.74 Å². The molecule has 0 unspecified atom stereocenters. The Kier molecular flexibility index (Phi) is 6.48. The molecule has 0 saturated heterocycles. The van der Waals surface area contributed by atoms with Crippen LogP contribution in [0.5, 0.6) is 0 Å². The lowest BCUT2D eigenvalue weighted by Gasteiger charge is -2.28. The monoisotopic (exact) mass is 308 g/mol. The van der Waals surface area contributed by atoms with E-state index in [9.17, 15) is 13.2 Å². The Morgan fingerprint density at radius 2 is 1.70 bits per heavy atom. The number of nitrogens with zero attached hydrogens (tertiary/aromatic N) is 1. The van der Waals surface area contributed by atoms with E-state index in [1.807, 2.05) is 13.8 Å². The van der Waals surface area contributed by atoms with E-state index < -0.39 is 21.7 Å². The number of ether oxygens (including phenoxy) is 1. The summed E-state index contributed by atoms with van der Waals surface area (Å²) >= 11 is 0. The van der Waals surface area contributed by atoms with Gasteiger partial charge in [0.15, 0.2) is 0 Å². The van der Waals surface area contributed by atoms with Gasteiger partial charge in [-0.1, -0.05) is 13.8 Å². The standard InChI is InChI=1S/C13H28N2O4S/c1-12(2,3)19-11(16)14-10-13(4,5)8-9-15(6)20(7,17)18/h8-10H2,1-7H3,(H,14,16). The van der Waals surface area contributed by atoms with Crippen molar-refractivity contribution in [2.45, 2.75) is 46.6 Å². The zero-order valence-corrected chi connectivity index (χ0v) is 14.4. The molecule has 0 bridgehead atoms. The zero-order chi connectivity index (χ0) is 16.2. The van der Waals surface area contributed by atoms with Gasteiger partial charge in [0.25, 0.3) is 0 Å². The summed E-state index contributed by atoms with van der Waals surface area (Å²) in [5.74, 6) is 0. The number of hydrogen-bond donors (Lipinski definition) is 1. The molecule has 0 aliphatic heterocycles. The number of carbonyl (C=O) groups is 1. The summed E-state index contributed by atoms with van der Waals surface area (Å²) in [7, 11) is -1.61. The Hall–Kier alpha value is -0.820. The number of carbonyl (C=O) groups excluding carboxylic acids is 1. The van der Waals surface area contributed by atoms with Gasteiger partial charge >= 0.3 is 6.09 Å². The number of sulfonamides is 1. The molecule has 6 nitrogen and oxygen atoms in total. The van der Waals surface area contributed by atoms with Crippen LogP contribution in [0.1, 0.15) is 41.0 Å². The van der Waals surface area contributed by atoms with Crippen molar-refractivity contribution in [2.24, 2.45) is 5.41 Å². The molecule has 120 valence electrons. The van der Waals surface area contributed by atoms with Crippen molar-refractivity contribution in [2.75, 3.05) is 26.4 Å². The third kappa shape index (κ3) is 9.14. The fourth-order valence-electron chi connectivity index (χ4n) is 1.34. The number of nitrogens with one attached hydrogen (secondary N) is 1. The van der Waals surface area contributed by atoms with Crippen LogP contribution >= 0.6 is 0 Å². The molecule has 0 spiro atoms. The topological polar surface area (TPSA) is 75.7 Å². The highest BCUT2D eigenvalue weighted by atomic mass is 32.2. The first kappa shape index (κ1) is 19.2. The van der Waals surface area contributed by atoms with E-state index in [0.29, 0.717) is 19.5 Å². The van der Waals surface area contributed by atoms with Crippen molar-refractivity contribution in [3.63, 3.8) is 0 Å². The predicted octanol–water partition coefficient (Wildman–Crippen LogP) is 1.82. The molecule has 0 fully saturated rings. The van der Waals surface area contributed by atoms with Crippen molar-refractivity contribution >= 4 is 16.1 Å². The van der Waals surface area contributed by atoms with Crippen LogP contribution < -0.4 is 5.32 Å². The largest absolute Gasteiger partial charge is 0.444 e. The fraction of sp³-hybridized carbons (Fsp3) is 0.923. The van der Waals surface area contributed by atoms with Gasteiger partial charge in [-0.3, -0.25) is 0 Å². The van der Waals surface area contributed by atoms with Crippen LogP contribution in [0.3, 0.4) is 0 Å². The molecule has 0 heterocycles. The highest BCUT2D eigenvalue weighted by molar-refractivity contribution is 7.88. The van der Waals surface area contributed by atoms with Gasteiger partial charge in [-0.15, -0.1) is 0 Å². The van der Waals surface area contributed by atoms with Crippen molar-refractivity contribution in [3.05, 3.63) is 0 Å². The first-order valence-electron chi connectivity index (χ1n) is 6.61. The molecule has 0 aromatic heterocycles. The fourth-order valence-corrected chi connectivity index (χ4v) is 1.76. The van der Waals surface area contributed by atoms with Crippen LogP contribution in [0.4, 0.5) is 4.79 Å². The second-order valence-electron chi connectivity index (χ2n) is 6.85. The molecule has 0 rings (SSSR count). The third-order valence-corrected chi connectivity index (χ3v) is 4.09. The molecule has 0 aromatic carbocycles. The van der Waals surface area contributed by atoms with Gasteiger partial charge in [0.1, 0.15) is 5.60 Å². The van der Waals surface area contributed by atoms with Gasteiger partial charge < -0.3 is 10.1 Å².